The van der Waals surface area contributed by atoms with Gasteiger partial charge in [-0.25, -0.2) is 0 Å². The van der Waals surface area contributed by atoms with Gasteiger partial charge in [0.1, 0.15) is 0 Å². The molecule has 2 aliphatic rings. The summed E-state index contributed by atoms with van der Waals surface area (Å²) < 4.78 is 11.5. The minimum atomic E-state index is -1.62. The van der Waals surface area contributed by atoms with Crippen molar-refractivity contribution in [3.05, 3.63) is 69.7 Å². The zero-order valence-electron chi connectivity index (χ0n) is 18.9. The van der Waals surface area contributed by atoms with E-state index >= 15 is 0 Å². The molecule has 1 aliphatic heterocycles. The number of carbonyl (C=O) groups is 4. The Labute approximate surface area is 205 Å². The summed E-state index contributed by atoms with van der Waals surface area (Å²) in [5.41, 5.74) is 2.22. The lowest BCUT2D eigenvalue weighted by atomic mass is 10.0. The first-order valence-corrected chi connectivity index (χ1v) is 11.8. The number of nitrogens with one attached hydrogen (secondary N) is 1. The molecule has 178 valence electrons. The maximum Gasteiger partial charge on any atom is 0.303 e. The van der Waals surface area contributed by atoms with E-state index in [1.807, 2.05) is 48.5 Å². The molecule has 8 nitrogen and oxygen atoms in total. The van der Waals surface area contributed by atoms with Crippen LogP contribution in [-0.4, -0.2) is 40.9 Å². The van der Waals surface area contributed by atoms with Crippen LogP contribution in [0.3, 0.4) is 0 Å². The average Bonchev–Trinajstić information content (AvgIpc) is 3.43. The van der Waals surface area contributed by atoms with E-state index in [1.54, 1.807) is 0 Å². The second-order valence-electron chi connectivity index (χ2n) is 8.60. The molecule has 0 saturated heterocycles. The van der Waals surface area contributed by atoms with Crippen LogP contribution in [0.2, 0.25) is 0 Å². The molecule has 2 aromatic carbocycles. The topological polar surface area (TPSA) is 102 Å². The molecule has 0 unspecified atom stereocenters. The van der Waals surface area contributed by atoms with Crippen LogP contribution in [0.5, 0.6) is 0 Å². The highest BCUT2D eigenvalue weighted by Gasteiger charge is 2.50. The SMILES string of the molecule is CC(=O)O[C@@H](C(=O)NC1(c2ccc(Br)cc2)CC1)[C@@H](OC(C)=O)C(=O)N1Cc2ccccc2C1. The number of halogens is 1. The van der Waals surface area contributed by atoms with Gasteiger partial charge in [-0.1, -0.05) is 52.3 Å². The monoisotopic (exact) mass is 528 g/mol. The van der Waals surface area contributed by atoms with Crippen LogP contribution in [0, 0.1) is 0 Å². The Morgan fingerprint density at radius 2 is 1.41 bits per heavy atom. The number of amides is 2. The van der Waals surface area contributed by atoms with Crippen LogP contribution in [-0.2, 0) is 47.3 Å². The summed E-state index contributed by atoms with van der Waals surface area (Å²) in [6.07, 6.45) is -1.83. The van der Waals surface area contributed by atoms with Crippen molar-refractivity contribution in [1.82, 2.24) is 10.2 Å². The number of benzene rings is 2. The minimum absolute atomic E-state index is 0.310. The van der Waals surface area contributed by atoms with Gasteiger partial charge in [0, 0.05) is 31.4 Å². The number of nitrogens with zero attached hydrogens (tertiary/aromatic N) is 1. The lowest BCUT2D eigenvalue weighted by Gasteiger charge is -2.29. The van der Waals surface area contributed by atoms with E-state index in [4.69, 9.17) is 9.47 Å². The first kappa shape index (κ1) is 23.9. The highest BCUT2D eigenvalue weighted by Crippen LogP contribution is 2.46. The Balaban J connectivity index is 1.58. The maximum atomic E-state index is 13.4. The van der Waals surface area contributed by atoms with E-state index in [1.165, 1.54) is 4.90 Å². The van der Waals surface area contributed by atoms with Crippen molar-refractivity contribution < 1.29 is 28.7 Å². The third kappa shape index (κ3) is 5.14. The van der Waals surface area contributed by atoms with Crippen LogP contribution in [0.15, 0.2) is 53.0 Å². The highest BCUT2D eigenvalue weighted by atomic mass is 79.9. The summed E-state index contributed by atoms with van der Waals surface area (Å²) in [7, 11) is 0. The molecule has 1 heterocycles. The van der Waals surface area contributed by atoms with Gasteiger partial charge >= 0.3 is 11.9 Å². The fourth-order valence-corrected chi connectivity index (χ4v) is 4.47. The van der Waals surface area contributed by atoms with Crippen LogP contribution >= 0.6 is 15.9 Å². The first-order valence-electron chi connectivity index (χ1n) is 11.0. The molecular formula is C25H25BrN2O6. The quantitative estimate of drug-likeness (QED) is 0.554. The Morgan fingerprint density at radius 3 is 1.91 bits per heavy atom. The van der Waals surface area contributed by atoms with E-state index in [-0.39, 0.29) is 0 Å². The zero-order chi connectivity index (χ0) is 24.5. The molecular weight excluding hydrogens is 504 g/mol. The molecule has 2 atom stereocenters. The van der Waals surface area contributed by atoms with Crippen LogP contribution in [0.4, 0.5) is 0 Å². The van der Waals surface area contributed by atoms with Gasteiger partial charge in [0.05, 0.1) is 5.54 Å². The summed E-state index contributed by atoms with van der Waals surface area (Å²) in [5.74, 6) is -2.80. The zero-order valence-corrected chi connectivity index (χ0v) is 20.5. The van der Waals surface area contributed by atoms with Gasteiger partial charge in [-0.05, 0) is 41.7 Å². The molecule has 34 heavy (non-hydrogen) atoms. The Bertz CT molecular complexity index is 1100. The lowest BCUT2D eigenvalue weighted by Crippen LogP contribution is -2.54. The van der Waals surface area contributed by atoms with E-state index in [0.29, 0.717) is 25.9 Å². The van der Waals surface area contributed by atoms with Gasteiger partial charge in [-0.3, -0.25) is 19.2 Å². The molecule has 2 aromatic rings. The largest absolute Gasteiger partial charge is 0.448 e. The van der Waals surface area contributed by atoms with Crippen molar-refractivity contribution in [3.63, 3.8) is 0 Å². The number of fused-ring (bicyclic) bond motifs is 1. The van der Waals surface area contributed by atoms with Gasteiger partial charge in [0.15, 0.2) is 0 Å². The van der Waals surface area contributed by atoms with E-state index in [2.05, 4.69) is 21.2 Å². The van der Waals surface area contributed by atoms with Crippen molar-refractivity contribution in [3.8, 4) is 0 Å². The predicted octanol–water partition coefficient (Wildman–Crippen LogP) is 2.96. The fraction of sp³-hybridized carbons (Fsp3) is 0.360. The molecule has 1 aliphatic carbocycles. The van der Waals surface area contributed by atoms with Crippen molar-refractivity contribution in [2.24, 2.45) is 0 Å². The summed E-state index contributed by atoms with van der Waals surface area (Å²) in [4.78, 5) is 52.1. The van der Waals surface area contributed by atoms with Gasteiger partial charge in [0.2, 0.25) is 12.2 Å². The predicted molar refractivity (Wildman–Crippen MR) is 125 cm³/mol. The molecule has 0 spiro atoms. The second kappa shape index (κ2) is 9.58. The van der Waals surface area contributed by atoms with E-state index in [0.717, 1.165) is 35.0 Å². The molecule has 4 rings (SSSR count). The molecule has 2 amide bonds. The Morgan fingerprint density at radius 1 is 0.882 bits per heavy atom. The number of esters is 2. The van der Waals surface area contributed by atoms with E-state index in [9.17, 15) is 19.2 Å². The van der Waals surface area contributed by atoms with Crippen molar-refractivity contribution in [2.75, 3.05) is 0 Å². The Kier molecular flexibility index (Phi) is 6.74. The van der Waals surface area contributed by atoms with Gasteiger partial charge in [0.25, 0.3) is 11.8 Å². The maximum absolute atomic E-state index is 13.4. The van der Waals surface area contributed by atoms with Crippen LogP contribution in [0.25, 0.3) is 0 Å². The molecule has 0 radical (unpaired) electrons. The van der Waals surface area contributed by atoms with Crippen molar-refractivity contribution >= 4 is 39.7 Å². The molecule has 9 heteroatoms. The lowest BCUT2D eigenvalue weighted by molar-refractivity contribution is -0.178. The number of rotatable bonds is 7. The average molecular weight is 529 g/mol. The first-order chi connectivity index (χ1) is 16.2. The molecule has 1 saturated carbocycles. The third-order valence-corrected chi connectivity index (χ3v) is 6.55. The van der Waals surface area contributed by atoms with Gasteiger partial charge in [-0.2, -0.15) is 0 Å². The van der Waals surface area contributed by atoms with Crippen molar-refractivity contribution in [2.45, 2.75) is 57.5 Å². The Hall–Kier alpha value is -3.20. The van der Waals surface area contributed by atoms with Crippen molar-refractivity contribution in [1.29, 1.82) is 0 Å². The summed E-state index contributed by atoms with van der Waals surface area (Å²) in [6, 6.07) is 15.1. The standard InChI is InChI=1S/C25H25BrN2O6/c1-15(29)33-21(23(31)27-25(11-12-25)19-7-9-20(26)10-8-19)22(34-16(2)30)24(32)28-13-17-5-3-4-6-18(17)14-28/h3-10,21-22H,11-14H2,1-2H3,(H,27,31)/t21-,22-/m1/s1. The number of hydrogen-bond acceptors (Lipinski definition) is 6. The molecule has 0 aromatic heterocycles. The summed E-state index contributed by atoms with van der Waals surface area (Å²) >= 11 is 3.40. The minimum Gasteiger partial charge on any atom is -0.448 e. The summed E-state index contributed by atoms with van der Waals surface area (Å²) in [5, 5.41) is 2.93. The van der Waals surface area contributed by atoms with Gasteiger partial charge in [-0.15, -0.1) is 0 Å². The van der Waals surface area contributed by atoms with Crippen LogP contribution < -0.4 is 5.32 Å². The van der Waals surface area contributed by atoms with E-state index < -0.39 is 41.5 Å². The highest BCUT2D eigenvalue weighted by molar-refractivity contribution is 9.10. The normalized spacial score (nSPS) is 17.2. The number of ether oxygens (including phenoxy) is 2. The summed E-state index contributed by atoms with van der Waals surface area (Å²) in [6.45, 7) is 2.91. The second-order valence-corrected chi connectivity index (χ2v) is 9.52. The smallest absolute Gasteiger partial charge is 0.303 e. The number of carbonyl (C=O) groups excluding carboxylic acids is 4. The molecule has 1 fully saturated rings. The van der Waals surface area contributed by atoms with Gasteiger partial charge < -0.3 is 19.7 Å². The third-order valence-electron chi connectivity index (χ3n) is 6.02. The molecule has 1 N–H and O–H groups in total. The molecule has 0 bridgehead atoms. The fourth-order valence-electron chi connectivity index (χ4n) is 4.21. The van der Waals surface area contributed by atoms with Crippen LogP contribution in [0.1, 0.15) is 43.4 Å². The number of hydrogen-bond donors (Lipinski definition) is 1.